The molecule has 11 heteroatoms. The van der Waals surface area contributed by atoms with Crippen LogP contribution < -0.4 is 26.4 Å². The lowest BCUT2D eigenvalue weighted by molar-refractivity contribution is -0.0951. The first kappa shape index (κ1) is 30.8. The molecule has 1 fully saturated rings. The molecule has 0 unspecified atom stereocenters. The largest absolute Gasteiger partial charge is 0.497 e. The average Bonchev–Trinajstić information content (AvgIpc) is 3.50. The Morgan fingerprint density at radius 3 is 2.22 bits per heavy atom. The summed E-state index contributed by atoms with van der Waals surface area (Å²) in [6.45, 7) is 1.34. The van der Waals surface area contributed by atoms with Crippen LogP contribution >= 0.6 is 0 Å². The third kappa shape index (κ3) is 6.31. The molecule has 3 N–H and O–H groups in total. The van der Waals surface area contributed by atoms with Crippen molar-refractivity contribution in [2.75, 3.05) is 46.1 Å². The van der Waals surface area contributed by atoms with E-state index in [1.165, 1.54) is 4.57 Å². The number of hydrogen-bond donors (Lipinski definition) is 2. The zero-order valence-electron chi connectivity index (χ0n) is 25.4. The van der Waals surface area contributed by atoms with Crippen molar-refractivity contribution in [3.05, 3.63) is 118 Å². The topological polar surface area (TPSA) is 128 Å². The van der Waals surface area contributed by atoms with Crippen LogP contribution in [-0.4, -0.2) is 62.3 Å². The van der Waals surface area contributed by atoms with Gasteiger partial charge in [-0.25, -0.2) is 10.3 Å². The molecule has 11 nitrogen and oxygen atoms in total. The van der Waals surface area contributed by atoms with Crippen molar-refractivity contribution in [1.82, 2.24) is 9.55 Å². The van der Waals surface area contributed by atoms with Crippen LogP contribution in [0.1, 0.15) is 34.9 Å². The molecule has 3 aromatic carbocycles. The molecular formula is C34H38N4O7. The van der Waals surface area contributed by atoms with Crippen LogP contribution in [0.25, 0.3) is 0 Å². The maximum absolute atomic E-state index is 13.1. The lowest BCUT2D eigenvalue weighted by atomic mass is 9.80. The smallest absolute Gasteiger partial charge is 0.351 e. The Balaban J connectivity index is 1.36. The fraction of sp³-hybridized carbons (Fsp3) is 0.353. The fourth-order valence-electron chi connectivity index (χ4n) is 5.97. The summed E-state index contributed by atoms with van der Waals surface area (Å²) in [7, 11) is 3.29. The second kappa shape index (κ2) is 13.8. The van der Waals surface area contributed by atoms with Crippen molar-refractivity contribution < 1.29 is 28.5 Å². The molecule has 6 rings (SSSR count). The fourth-order valence-corrected chi connectivity index (χ4v) is 5.97. The van der Waals surface area contributed by atoms with E-state index in [9.17, 15) is 4.79 Å². The number of aromatic nitrogens is 2. The van der Waals surface area contributed by atoms with Gasteiger partial charge in [-0.3, -0.25) is 9.40 Å². The molecule has 0 spiro atoms. The van der Waals surface area contributed by atoms with Gasteiger partial charge in [0.05, 0.1) is 40.1 Å². The third-order valence-electron chi connectivity index (χ3n) is 8.20. The maximum Gasteiger partial charge on any atom is 0.351 e. The monoisotopic (exact) mass is 614 g/mol. The number of benzene rings is 3. The Bertz CT molecular complexity index is 1570. The second-order valence-corrected chi connectivity index (χ2v) is 10.9. The van der Waals surface area contributed by atoms with Crippen molar-refractivity contribution in [3.8, 4) is 11.5 Å². The first-order valence-electron chi connectivity index (χ1n) is 15.0. The number of nitrogens with one attached hydrogen (secondary N) is 1. The van der Waals surface area contributed by atoms with Crippen molar-refractivity contribution in [3.63, 3.8) is 0 Å². The zero-order valence-corrected chi connectivity index (χ0v) is 25.4. The Labute approximate surface area is 261 Å². The van der Waals surface area contributed by atoms with Crippen LogP contribution in [0, 0.1) is 0 Å². The van der Waals surface area contributed by atoms with Gasteiger partial charge in [0.15, 0.2) is 12.0 Å². The summed E-state index contributed by atoms with van der Waals surface area (Å²) < 4.78 is 32.2. The van der Waals surface area contributed by atoms with Crippen molar-refractivity contribution in [1.29, 1.82) is 0 Å². The maximum atomic E-state index is 13.1. The van der Waals surface area contributed by atoms with Gasteiger partial charge >= 0.3 is 5.69 Å². The normalized spacial score (nSPS) is 19.5. The molecule has 3 atom stereocenters. The molecule has 45 heavy (non-hydrogen) atoms. The number of fused-ring (bicyclic) bond motifs is 1. The highest BCUT2D eigenvalue weighted by Gasteiger charge is 2.43. The van der Waals surface area contributed by atoms with Crippen molar-refractivity contribution in [2.24, 2.45) is 5.73 Å². The Morgan fingerprint density at radius 1 is 0.956 bits per heavy atom. The first-order chi connectivity index (χ1) is 22.0. The van der Waals surface area contributed by atoms with Crippen LogP contribution in [0.4, 0.5) is 5.82 Å². The lowest BCUT2D eigenvalue weighted by Gasteiger charge is -2.37. The minimum Gasteiger partial charge on any atom is -0.497 e. The van der Waals surface area contributed by atoms with E-state index in [0.29, 0.717) is 38.4 Å². The highest BCUT2D eigenvalue weighted by atomic mass is 16.6. The van der Waals surface area contributed by atoms with Gasteiger partial charge in [0.2, 0.25) is 0 Å². The summed E-state index contributed by atoms with van der Waals surface area (Å²) >= 11 is 0. The molecule has 0 amide bonds. The van der Waals surface area contributed by atoms with Gasteiger partial charge < -0.3 is 29.4 Å². The molecule has 236 valence electrons. The highest BCUT2D eigenvalue weighted by molar-refractivity contribution is 5.49. The molecule has 2 aliphatic rings. The molecule has 4 aromatic rings. The van der Waals surface area contributed by atoms with Gasteiger partial charge in [-0.15, -0.1) is 0 Å². The molecule has 3 heterocycles. The Hall–Kier alpha value is -4.26. The minimum atomic E-state index is -1.01. The van der Waals surface area contributed by atoms with Gasteiger partial charge in [-0.1, -0.05) is 54.6 Å². The first-order valence-corrected chi connectivity index (χ1v) is 15.0. The summed E-state index contributed by atoms with van der Waals surface area (Å²) in [4.78, 5) is 22.6. The van der Waals surface area contributed by atoms with Crippen LogP contribution in [0.3, 0.4) is 0 Å². The summed E-state index contributed by atoms with van der Waals surface area (Å²) in [6.07, 6.45) is 1.35. The Kier molecular flexibility index (Phi) is 9.43. The number of nitrogens with zero attached hydrogens (tertiary/aromatic N) is 2. The number of methoxy groups -OCH3 is 2. The average molecular weight is 615 g/mol. The van der Waals surface area contributed by atoms with Crippen molar-refractivity contribution in [2.45, 2.75) is 36.9 Å². The van der Waals surface area contributed by atoms with E-state index in [1.807, 2.05) is 66.7 Å². The summed E-state index contributed by atoms with van der Waals surface area (Å²) in [5, 5.41) is 0. The molecule has 1 aromatic heterocycles. The van der Waals surface area contributed by atoms with Crippen LogP contribution in [0.15, 0.2) is 89.9 Å². The standard InChI is InChI=1S/C34H38N4O7/c1-40-27-12-8-25(9-13-27)34(24-6-4-3-5-7-24,26-10-14-28(41-2)15-11-26)43-22-29-20-30(42-19-17-35)32(45-29)38-21-23-16-18-44-37-31(23)36-33(38)39/h3-15,21,29-30,32H,16-20,22,35H2,1-2H3,(H,36,37,39)/t29-,30-,32-/m1/s1. The summed E-state index contributed by atoms with van der Waals surface area (Å²) in [6, 6.07) is 25.8. The van der Waals surface area contributed by atoms with E-state index < -0.39 is 29.7 Å². The summed E-state index contributed by atoms with van der Waals surface area (Å²) in [5.74, 6) is 1.90. The summed E-state index contributed by atoms with van der Waals surface area (Å²) in [5.41, 5.74) is 10.7. The van der Waals surface area contributed by atoms with Crippen molar-refractivity contribution >= 4 is 5.82 Å². The lowest BCUT2D eigenvalue weighted by Crippen LogP contribution is -2.36. The number of nitrogens with two attached hydrogens (primary N) is 1. The van der Waals surface area contributed by atoms with Gasteiger partial charge in [-0.05, 0) is 41.0 Å². The number of ether oxygens (including phenoxy) is 5. The SMILES string of the molecule is COc1ccc(C(OC[C@H]2C[C@@H](OCCN)[C@H](n3cc4c(nc3=O)NOCC4)O2)(c2ccccc2)c2ccc(OC)cc2)cc1. The van der Waals surface area contributed by atoms with Crippen LogP contribution in [-0.2, 0) is 31.1 Å². The molecule has 0 aliphatic carbocycles. The molecular weight excluding hydrogens is 576 g/mol. The van der Waals surface area contributed by atoms with E-state index in [2.05, 4.69) is 22.6 Å². The third-order valence-corrected chi connectivity index (χ3v) is 8.20. The van der Waals surface area contributed by atoms with E-state index in [0.717, 1.165) is 33.8 Å². The predicted molar refractivity (Wildman–Crippen MR) is 167 cm³/mol. The van der Waals surface area contributed by atoms with Gasteiger partial charge in [-0.2, -0.15) is 4.98 Å². The molecule has 2 aliphatic heterocycles. The molecule has 1 saturated heterocycles. The van der Waals surface area contributed by atoms with Gasteiger partial charge in [0, 0.05) is 31.1 Å². The highest BCUT2D eigenvalue weighted by Crippen LogP contribution is 2.43. The quantitative estimate of drug-likeness (QED) is 0.228. The zero-order chi connectivity index (χ0) is 31.2. The van der Waals surface area contributed by atoms with E-state index in [1.54, 1.807) is 20.4 Å². The number of anilines is 1. The van der Waals surface area contributed by atoms with Crippen LogP contribution in [0.2, 0.25) is 0 Å². The second-order valence-electron chi connectivity index (χ2n) is 10.9. The predicted octanol–water partition coefficient (Wildman–Crippen LogP) is 3.80. The van der Waals surface area contributed by atoms with Gasteiger partial charge in [0.25, 0.3) is 0 Å². The number of rotatable bonds is 12. The number of hydrogen-bond acceptors (Lipinski definition) is 10. The van der Waals surface area contributed by atoms with E-state index >= 15 is 0 Å². The minimum absolute atomic E-state index is 0.203. The molecule has 0 saturated carbocycles. The molecule has 0 bridgehead atoms. The molecule has 0 radical (unpaired) electrons. The Morgan fingerprint density at radius 2 is 1.60 bits per heavy atom. The van der Waals surface area contributed by atoms with Gasteiger partial charge in [0.1, 0.15) is 23.2 Å². The van der Waals surface area contributed by atoms with E-state index in [4.69, 9.17) is 34.3 Å². The van der Waals surface area contributed by atoms with E-state index in [-0.39, 0.29) is 6.61 Å². The van der Waals surface area contributed by atoms with Crippen LogP contribution in [0.5, 0.6) is 11.5 Å².